The molecule has 0 aliphatic carbocycles. The third kappa shape index (κ3) is 6.13. The highest BCUT2D eigenvalue weighted by atomic mass is 15.0. The van der Waals surface area contributed by atoms with Gasteiger partial charge in [-0.3, -0.25) is 0 Å². The highest BCUT2D eigenvalue weighted by Gasteiger charge is 2.08. The lowest BCUT2D eigenvalue weighted by Gasteiger charge is -2.18. The Kier molecular flexibility index (Phi) is 6.02. The van der Waals surface area contributed by atoms with Crippen molar-refractivity contribution in [1.82, 2.24) is 4.90 Å². The number of rotatable bonds is 6. The topological polar surface area (TPSA) is 29.3 Å². The molecule has 1 unspecified atom stereocenters. The van der Waals surface area contributed by atoms with Gasteiger partial charge in [0.15, 0.2) is 0 Å². The van der Waals surface area contributed by atoms with E-state index in [2.05, 4.69) is 39.1 Å². The summed E-state index contributed by atoms with van der Waals surface area (Å²) in [5.41, 5.74) is 8.41. The highest BCUT2D eigenvalue weighted by Crippen LogP contribution is 2.20. The van der Waals surface area contributed by atoms with Crippen LogP contribution in [0.5, 0.6) is 0 Å². The van der Waals surface area contributed by atoms with Crippen LogP contribution in [0.15, 0.2) is 36.1 Å². The molecule has 0 amide bonds. The van der Waals surface area contributed by atoms with Gasteiger partial charge in [0, 0.05) is 5.70 Å². The van der Waals surface area contributed by atoms with Crippen molar-refractivity contribution in [3.05, 3.63) is 36.1 Å². The minimum Gasteiger partial charge on any atom is -0.399 e. The maximum Gasteiger partial charge on any atom is 0.0243 e. The molecule has 0 aliphatic rings. The summed E-state index contributed by atoms with van der Waals surface area (Å²) in [6, 6.07) is 0. The summed E-state index contributed by atoms with van der Waals surface area (Å²) in [6.45, 7) is 13.1. The Labute approximate surface area is 94.1 Å². The molecule has 2 heteroatoms. The van der Waals surface area contributed by atoms with Crippen LogP contribution in [-0.2, 0) is 0 Å². The lowest BCUT2D eigenvalue weighted by Crippen LogP contribution is -2.16. The van der Waals surface area contributed by atoms with Crippen molar-refractivity contribution in [1.29, 1.82) is 0 Å². The van der Waals surface area contributed by atoms with E-state index in [1.807, 2.05) is 13.0 Å². The highest BCUT2D eigenvalue weighted by molar-refractivity contribution is 5.33. The molecule has 0 bridgehead atoms. The summed E-state index contributed by atoms with van der Waals surface area (Å²) < 4.78 is 0. The van der Waals surface area contributed by atoms with E-state index in [1.165, 1.54) is 0 Å². The van der Waals surface area contributed by atoms with Gasteiger partial charge in [-0.25, -0.2) is 0 Å². The zero-order valence-electron chi connectivity index (χ0n) is 10.5. The first-order valence-electron chi connectivity index (χ1n) is 5.31. The Morgan fingerprint density at radius 3 is 2.33 bits per heavy atom. The maximum atomic E-state index is 5.53. The Morgan fingerprint density at radius 1 is 1.40 bits per heavy atom. The molecule has 2 nitrogen and oxygen atoms in total. The van der Waals surface area contributed by atoms with E-state index in [1.54, 1.807) is 0 Å². The van der Waals surface area contributed by atoms with Gasteiger partial charge in [0.25, 0.3) is 0 Å². The van der Waals surface area contributed by atoms with Crippen molar-refractivity contribution in [2.75, 3.05) is 20.6 Å². The molecule has 0 aromatic rings. The van der Waals surface area contributed by atoms with Crippen LogP contribution in [0.2, 0.25) is 0 Å². The van der Waals surface area contributed by atoms with Gasteiger partial charge in [-0.15, -0.1) is 0 Å². The normalized spacial score (nSPS) is 14.1. The number of nitrogens with zero attached hydrogens (tertiary/aromatic N) is 1. The second-order valence-electron chi connectivity index (χ2n) is 4.42. The molecule has 15 heavy (non-hydrogen) atoms. The van der Waals surface area contributed by atoms with Crippen LogP contribution in [0.25, 0.3) is 0 Å². The van der Waals surface area contributed by atoms with E-state index < -0.39 is 0 Å². The predicted molar refractivity (Wildman–Crippen MR) is 68.6 cm³/mol. The van der Waals surface area contributed by atoms with Gasteiger partial charge >= 0.3 is 0 Å². The molecule has 0 aromatic carbocycles. The fraction of sp³-hybridized carbons (Fsp3) is 0.538. The molecular formula is C13H24N2. The average Bonchev–Trinajstić information content (AvgIpc) is 2.11. The minimum atomic E-state index is 0.489. The second-order valence-corrected chi connectivity index (χ2v) is 4.42. The molecule has 0 aromatic heterocycles. The molecule has 2 N–H and O–H groups in total. The lowest BCUT2D eigenvalue weighted by atomic mass is 9.93. The van der Waals surface area contributed by atoms with Gasteiger partial charge < -0.3 is 10.6 Å². The molecule has 1 atom stereocenters. The quantitative estimate of drug-likeness (QED) is 0.680. The fourth-order valence-electron chi connectivity index (χ4n) is 1.39. The first kappa shape index (κ1) is 14.0. The van der Waals surface area contributed by atoms with Gasteiger partial charge in [0.05, 0.1) is 0 Å². The van der Waals surface area contributed by atoms with Gasteiger partial charge in [-0.2, -0.15) is 0 Å². The summed E-state index contributed by atoms with van der Waals surface area (Å²) in [6.07, 6.45) is 3.00. The van der Waals surface area contributed by atoms with Crippen molar-refractivity contribution in [2.24, 2.45) is 11.7 Å². The minimum absolute atomic E-state index is 0.489. The molecule has 86 valence electrons. The van der Waals surface area contributed by atoms with Gasteiger partial charge in [-0.05, 0) is 57.1 Å². The first-order chi connectivity index (χ1) is 6.84. The zero-order valence-corrected chi connectivity index (χ0v) is 10.5. The van der Waals surface area contributed by atoms with Crippen LogP contribution >= 0.6 is 0 Å². The Balaban J connectivity index is 4.26. The molecule has 0 rings (SSSR count). The second kappa shape index (κ2) is 6.46. The number of hydrogen-bond acceptors (Lipinski definition) is 2. The first-order valence-corrected chi connectivity index (χ1v) is 5.31. The fourth-order valence-corrected chi connectivity index (χ4v) is 1.39. The van der Waals surface area contributed by atoms with Crippen molar-refractivity contribution in [2.45, 2.75) is 20.3 Å². The van der Waals surface area contributed by atoms with Gasteiger partial charge in [-0.1, -0.05) is 20.1 Å². The Bertz CT molecular complexity index is 262. The van der Waals surface area contributed by atoms with Crippen LogP contribution in [0.3, 0.4) is 0 Å². The van der Waals surface area contributed by atoms with Crippen LogP contribution < -0.4 is 5.73 Å². The number of hydrogen-bond donors (Lipinski definition) is 1. The van der Waals surface area contributed by atoms with Gasteiger partial charge in [0.1, 0.15) is 0 Å². The molecule has 0 spiro atoms. The lowest BCUT2D eigenvalue weighted by molar-refractivity contribution is 0.376. The Hall–Kier alpha value is -1.02. The number of nitrogens with two attached hydrogens (primary N) is 1. The van der Waals surface area contributed by atoms with Crippen molar-refractivity contribution >= 4 is 0 Å². The van der Waals surface area contributed by atoms with E-state index in [0.717, 1.165) is 24.1 Å². The molecule has 0 saturated carbocycles. The third-order valence-corrected chi connectivity index (χ3v) is 2.51. The standard InChI is InChI=1S/C13H24N2/c1-10(7-8-15(5)6)13(4)11(2)9-12(3)14/h9-10H,3-4,7-8,14H2,1-2,5-6H3/b11-9-. The molecule has 0 heterocycles. The van der Waals surface area contributed by atoms with Crippen LogP contribution in [0.4, 0.5) is 0 Å². The average molecular weight is 208 g/mol. The Morgan fingerprint density at radius 2 is 1.93 bits per heavy atom. The predicted octanol–water partition coefficient (Wildman–Crippen LogP) is 2.55. The van der Waals surface area contributed by atoms with Crippen LogP contribution in [0.1, 0.15) is 20.3 Å². The van der Waals surface area contributed by atoms with E-state index in [9.17, 15) is 0 Å². The van der Waals surface area contributed by atoms with Crippen molar-refractivity contribution in [3.8, 4) is 0 Å². The van der Waals surface area contributed by atoms with Crippen LogP contribution in [0, 0.1) is 5.92 Å². The smallest absolute Gasteiger partial charge is 0.0243 e. The maximum absolute atomic E-state index is 5.53. The van der Waals surface area contributed by atoms with E-state index >= 15 is 0 Å². The van der Waals surface area contributed by atoms with Crippen molar-refractivity contribution in [3.63, 3.8) is 0 Å². The largest absolute Gasteiger partial charge is 0.399 e. The van der Waals surface area contributed by atoms with E-state index in [-0.39, 0.29) is 0 Å². The zero-order chi connectivity index (χ0) is 12.0. The summed E-state index contributed by atoms with van der Waals surface area (Å²) >= 11 is 0. The van der Waals surface area contributed by atoms with Crippen molar-refractivity contribution < 1.29 is 0 Å². The van der Waals surface area contributed by atoms with Gasteiger partial charge in [0.2, 0.25) is 0 Å². The van der Waals surface area contributed by atoms with Crippen LogP contribution in [-0.4, -0.2) is 25.5 Å². The molecular weight excluding hydrogens is 184 g/mol. The summed E-state index contributed by atoms with van der Waals surface area (Å²) in [5, 5.41) is 0. The number of allylic oxidation sites excluding steroid dienone is 3. The summed E-state index contributed by atoms with van der Waals surface area (Å²) in [5.74, 6) is 0.489. The summed E-state index contributed by atoms with van der Waals surface area (Å²) in [7, 11) is 4.17. The third-order valence-electron chi connectivity index (χ3n) is 2.51. The monoisotopic (exact) mass is 208 g/mol. The molecule has 0 aliphatic heterocycles. The van der Waals surface area contributed by atoms with E-state index in [4.69, 9.17) is 5.73 Å². The molecule has 0 radical (unpaired) electrons. The SMILES string of the molecule is C=C(N)/C=C(/C)C(=C)C(C)CCN(C)C. The molecule has 0 fully saturated rings. The van der Waals surface area contributed by atoms with E-state index in [0.29, 0.717) is 11.6 Å². The molecule has 0 saturated heterocycles. The summed E-state index contributed by atoms with van der Waals surface area (Å²) in [4.78, 5) is 2.19.